The average molecular weight is 329 g/mol. The van der Waals surface area contributed by atoms with E-state index in [9.17, 15) is 9.59 Å². The number of fused-ring (bicyclic) bond motifs is 1. The Hall–Kier alpha value is -2.76. The summed E-state index contributed by atoms with van der Waals surface area (Å²) in [6, 6.07) is 7.63. The lowest BCUT2D eigenvalue weighted by molar-refractivity contribution is -0.128. The zero-order chi connectivity index (χ0) is 17.5. The maximum atomic E-state index is 12.0. The van der Waals surface area contributed by atoms with Gasteiger partial charge in [-0.1, -0.05) is 23.8 Å². The number of rotatable bonds is 3. The first-order valence-corrected chi connectivity index (χ1v) is 7.66. The molecule has 1 N–H and O–H groups in total. The van der Waals surface area contributed by atoms with Crippen LogP contribution in [-0.4, -0.2) is 11.8 Å². The minimum Gasteiger partial charge on any atom is -0.451 e. The molecule has 2 aromatic rings. The molecule has 0 unspecified atom stereocenters. The topological polar surface area (TPSA) is 77.8 Å². The Morgan fingerprint density at radius 3 is 2.54 bits per heavy atom. The van der Waals surface area contributed by atoms with Crippen molar-refractivity contribution in [3.8, 4) is 5.75 Å². The Morgan fingerprint density at radius 2 is 1.83 bits per heavy atom. The Bertz CT molecular complexity index is 866. The third-order valence-corrected chi connectivity index (χ3v) is 3.76. The number of carbonyl (C=O) groups is 1. The second-order valence-electron chi connectivity index (χ2n) is 6.31. The minimum atomic E-state index is -1.12. The van der Waals surface area contributed by atoms with Crippen LogP contribution in [0, 0.1) is 13.8 Å². The fraction of sp³-hybridized carbons (Fsp3) is 0.333. The van der Waals surface area contributed by atoms with Crippen LogP contribution in [0.1, 0.15) is 40.9 Å². The number of benzene rings is 1. The number of anilines is 1. The van der Waals surface area contributed by atoms with E-state index in [1.807, 2.05) is 26.0 Å². The molecule has 0 fully saturated rings. The summed E-state index contributed by atoms with van der Waals surface area (Å²) < 4.78 is 15.7. The van der Waals surface area contributed by atoms with Crippen LogP contribution >= 0.6 is 0 Å². The van der Waals surface area contributed by atoms with Gasteiger partial charge in [0.05, 0.1) is 0 Å². The molecule has 1 aromatic heterocycles. The summed E-state index contributed by atoms with van der Waals surface area (Å²) in [4.78, 5) is 23.9. The van der Waals surface area contributed by atoms with Gasteiger partial charge in [0.1, 0.15) is 0 Å². The van der Waals surface area contributed by atoms with E-state index in [-0.39, 0.29) is 17.2 Å². The molecule has 6 heteroatoms. The second-order valence-corrected chi connectivity index (χ2v) is 6.31. The predicted molar refractivity (Wildman–Crippen MR) is 88.3 cm³/mol. The quantitative estimate of drug-likeness (QED) is 0.872. The molecule has 0 radical (unpaired) electrons. The van der Waals surface area contributed by atoms with E-state index in [2.05, 4.69) is 11.4 Å². The van der Waals surface area contributed by atoms with Crippen LogP contribution in [0.25, 0.3) is 0 Å². The van der Waals surface area contributed by atoms with Crippen molar-refractivity contribution in [2.45, 2.75) is 40.0 Å². The standard InChI is InChI=1S/C18H19NO5/c1-10-5-6-12(11(2)7-10)9-19-14-8-13-15(16(20)22-14)17(21)24-18(3,4)23-13/h5-8,19H,9H2,1-4H3. The third kappa shape index (κ3) is 3.13. The van der Waals surface area contributed by atoms with Crippen molar-refractivity contribution in [1.82, 2.24) is 0 Å². The second kappa shape index (κ2) is 5.70. The highest BCUT2D eigenvalue weighted by molar-refractivity contribution is 5.93. The monoisotopic (exact) mass is 329 g/mol. The predicted octanol–water partition coefficient (Wildman–Crippen LogP) is 3.15. The SMILES string of the molecule is Cc1ccc(CNc2cc3c(c(=O)o2)C(=O)OC(C)(C)O3)c(C)c1. The molecule has 126 valence electrons. The Labute approximate surface area is 139 Å². The van der Waals surface area contributed by atoms with Crippen molar-refractivity contribution in [1.29, 1.82) is 0 Å². The first-order valence-electron chi connectivity index (χ1n) is 7.66. The summed E-state index contributed by atoms with van der Waals surface area (Å²) >= 11 is 0. The summed E-state index contributed by atoms with van der Waals surface area (Å²) in [5.74, 6) is -1.46. The summed E-state index contributed by atoms with van der Waals surface area (Å²) in [6.45, 7) is 7.75. The van der Waals surface area contributed by atoms with Gasteiger partial charge in [-0.2, -0.15) is 0 Å². The largest absolute Gasteiger partial charge is 0.451 e. The molecule has 6 nitrogen and oxygen atoms in total. The van der Waals surface area contributed by atoms with Gasteiger partial charge in [-0.3, -0.25) is 0 Å². The summed E-state index contributed by atoms with van der Waals surface area (Å²) in [5, 5.41) is 3.06. The van der Waals surface area contributed by atoms with Crippen molar-refractivity contribution in [3.63, 3.8) is 0 Å². The van der Waals surface area contributed by atoms with Gasteiger partial charge in [-0.05, 0) is 25.0 Å². The van der Waals surface area contributed by atoms with Gasteiger partial charge in [-0.15, -0.1) is 0 Å². The minimum absolute atomic E-state index is 0.163. The Balaban J connectivity index is 1.87. The molecule has 0 bridgehead atoms. The molecule has 1 aliphatic heterocycles. The van der Waals surface area contributed by atoms with Crippen molar-refractivity contribution in [2.24, 2.45) is 0 Å². The third-order valence-electron chi connectivity index (χ3n) is 3.76. The molecule has 1 aromatic carbocycles. The normalized spacial score (nSPS) is 15.2. The lowest BCUT2D eigenvalue weighted by Crippen LogP contribution is -2.41. The maximum Gasteiger partial charge on any atom is 0.356 e. The van der Waals surface area contributed by atoms with Gasteiger partial charge >= 0.3 is 11.6 Å². The molecule has 0 aliphatic carbocycles. The van der Waals surface area contributed by atoms with Crippen LogP contribution < -0.4 is 15.7 Å². The molecule has 1 aliphatic rings. The number of cyclic esters (lactones) is 1. The highest BCUT2D eigenvalue weighted by atomic mass is 16.7. The van der Waals surface area contributed by atoms with Gasteiger partial charge in [-0.25, -0.2) is 9.59 Å². The number of esters is 1. The van der Waals surface area contributed by atoms with E-state index < -0.39 is 17.4 Å². The highest BCUT2D eigenvalue weighted by Crippen LogP contribution is 2.31. The van der Waals surface area contributed by atoms with Crippen molar-refractivity contribution >= 4 is 11.9 Å². The van der Waals surface area contributed by atoms with Gasteiger partial charge in [0, 0.05) is 26.5 Å². The molecular weight excluding hydrogens is 310 g/mol. The Kier molecular flexibility index (Phi) is 3.83. The number of hydrogen-bond donors (Lipinski definition) is 1. The molecule has 0 spiro atoms. The number of ether oxygens (including phenoxy) is 2. The fourth-order valence-electron chi connectivity index (χ4n) is 2.61. The molecule has 0 atom stereocenters. The van der Waals surface area contributed by atoms with E-state index in [4.69, 9.17) is 13.9 Å². The highest BCUT2D eigenvalue weighted by Gasteiger charge is 2.37. The molecular formula is C18H19NO5. The van der Waals surface area contributed by atoms with Gasteiger partial charge in [0.2, 0.25) is 11.7 Å². The molecule has 24 heavy (non-hydrogen) atoms. The molecule has 0 amide bonds. The van der Waals surface area contributed by atoms with Crippen LogP contribution in [-0.2, 0) is 11.3 Å². The Morgan fingerprint density at radius 1 is 1.08 bits per heavy atom. The van der Waals surface area contributed by atoms with E-state index >= 15 is 0 Å². The summed E-state index contributed by atoms with van der Waals surface area (Å²) in [5.41, 5.74) is 2.42. The number of hydrogen-bond acceptors (Lipinski definition) is 6. The van der Waals surface area contributed by atoms with Gasteiger partial charge in [0.25, 0.3) is 0 Å². The average Bonchev–Trinajstić information content (AvgIpc) is 2.43. The summed E-state index contributed by atoms with van der Waals surface area (Å²) in [6.07, 6.45) is 0. The number of nitrogens with one attached hydrogen (secondary N) is 1. The van der Waals surface area contributed by atoms with Crippen LogP contribution in [0.5, 0.6) is 5.75 Å². The maximum absolute atomic E-state index is 12.0. The van der Waals surface area contributed by atoms with Crippen molar-refractivity contribution < 1.29 is 18.7 Å². The van der Waals surface area contributed by atoms with E-state index in [1.165, 1.54) is 11.6 Å². The lowest BCUT2D eigenvalue weighted by atomic mass is 10.1. The molecule has 2 heterocycles. The molecule has 3 rings (SSSR count). The van der Waals surface area contributed by atoms with Gasteiger partial charge < -0.3 is 19.2 Å². The van der Waals surface area contributed by atoms with Crippen LogP contribution in [0.3, 0.4) is 0 Å². The number of carbonyl (C=O) groups excluding carboxylic acids is 1. The van der Waals surface area contributed by atoms with Crippen molar-refractivity contribution in [3.05, 3.63) is 56.9 Å². The molecule has 0 saturated heterocycles. The zero-order valence-electron chi connectivity index (χ0n) is 14.1. The van der Waals surface area contributed by atoms with Crippen LogP contribution in [0.4, 0.5) is 5.88 Å². The number of aryl methyl sites for hydroxylation is 2. The summed E-state index contributed by atoms with van der Waals surface area (Å²) in [7, 11) is 0. The zero-order valence-corrected chi connectivity index (χ0v) is 14.1. The van der Waals surface area contributed by atoms with E-state index in [0.717, 1.165) is 11.1 Å². The van der Waals surface area contributed by atoms with Crippen molar-refractivity contribution in [2.75, 3.05) is 5.32 Å². The molecule has 0 saturated carbocycles. The van der Waals surface area contributed by atoms with Crippen LogP contribution in [0.2, 0.25) is 0 Å². The van der Waals surface area contributed by atoms with Gasteiger partial charge in [0.15, 0.2) is 11.3 Å². The lowest BCUT2D eigenvalue weighted by Gasteiger charge is -2.30. The first-order chi connectivity index (χ1) is 11.2. The first kappa shape index (κ1) is 16.1. The van der Waals surface area contributed by atoms with Crippen LogP contribution in [0.15, 0.2) is 33.5 Å². The van der Waals surface area contributed by atoms with E-state index in [0.29, 0.717) is 6.54 Å². The smallest absolute Gasteiger partial charge is 0.356 e. The van der Waals surface area contributed by atoms with E-state index in [1.54, 1.807) is 13.8 Å². The fourth-order valence-corrected chi connectivity index (χ4v) is 2.61.